The first kappa shape index (κ1) is 17.6. The molecule has 5 nitrogen and oxygen atoms in total. The van der Waals surface area contributed by atoms with Gasteiger partial charge in [0, 0.05) is 11.0 Å². The Morgan fingerprint density at radius 2 is 1.58 bits per heavy atom. The van der Waals surface area contributed by atoms with Gasteiger partial charge in [-0.1, -0.05) is 20.4 Å². The highest BCUT2D eigenvalue weighted by atomic mass is 17.2. The van der Waals surface area contributed by atoms with Crippen molar-refractivity contribution >= 4 is 11.9 Å². The van der Waals surface area contributed by atoms with Crippen molar-refractivity contribution < 1.29 is 24.1 Å². The molecule has 0 heterocycles. The van der Waals surface area contributed by atoms with Gasteiger partial charge in [0.05, 0.1) is 12.0 Å². The monoisotopic (exact) mass is 272 g/mol. The lowest BCUT2D eigenvalue weighted by Gasteiger charge is -2.23. The molecule has 0 N–H and O–H groups in total. The molecule has 0 aromatic rings. The second-order valence-corrected chi connectivity index (χ2v) is 6.40. The Balaban J connectivity index is 4.08. The van der Waals surface area contributed by atoms with Crippen LogP contribution in [0.3, 0.4) is 0 Å². The van der Waals surface area contributed by atoms with E-state index in [-0.39, 0.29) is 13.2 Å². The van der Waals surface area contributed by atoms with E-state index < -0.39 is 22.8 Å². The van der Waals surface area contributed by atoms with E-state index in [4.69, 9.17) is 14.5 Å². The molecule has 0 amide bonds. The van der Waals surface area contributed by atoms with E-state index in [1.807, 2.05) is 13.8 Å². The molecule has 0 aromatic carbocycles. The quantitative estimate of drug-likeness (QED) is 0.322. The van der Waals surface area contributed by atoms with Crippen LogP contribution in [0.15, 0.2) is 12.2 Å². The van der Waals surface area contributed by atoms with Crippen molar-refractivity contribution in [3.05, 3.63) is 12.2 Å². The van der Waals surface area contributed by atoms with E-state index in [9.17, 15) is 9.59 Å². The van der Waals surface area contributed by atoms with Gasteiger partial charge < -0.3 is 4.74 Å². The maximum absolute atomic E-state index is 11.5. The minimum Gasteiger partial charge on any atom is -0.462 e. The fourth-order valence-electron chi connectivity index (χ4n) is 0.793. The topological polar surface area (TPSA) is 61.8 Å². The number of ether oxygens (including phenoxy) is 1. The van der Waals surface area contributed by atoms with E-state index in [2.05, 4.69) is 6.58 Å². The number of carbonyl (C=O) groups excluding carboxylic acids is 2. The molecule has 0 aliphatic heterocycles. The van der Waals surface area contributed by atoms with Crippen molar-refractivity contribution in [1.29, 1.82) is 0 Å². The van der Waals surface area contributed by atoms with Crippen LogP contribution in [-0.4, -0.2) is 25.2 Å². The molecule has 0 aliphatic carbocycles. The van der Waals surface area contributed by atoms with E-state index >= 15 is 0 Å². The Morgan fingerprint density at radius 3 is 2.00 bits per heavy atom. The molecule has 110 valence electrons. The number of hydrogen-bond acceptors (Lipinski definition) is 5. The van der Waals surface area contributed by atoms with Gasteiger partial charge >= 0.3 is 11.9 Å². The van der Waals surface area contributed by atoms with Gasteiger partial charge in [-0.25, -0.2) is 9.59 Å². The third-order valence-electron chi connectivity index (χ3n) is 2.14. The summed E-state index contributed by atoms with van der Waals surface area (Å²) < 4.78 is 5.03. The van der Waals surface area contributed by atoms with Gasteiger partial charge in [0.2, 0.25) is 0 Å². The third kappa shape index (κ3) is 7.62. The van der Waals surface area contributed by atoms with Crippen LogP contribution in [0.1, 0.15) is 41.5 Å². The Bertz CT molecular complexity index is 349. The van der Waals surface area contributed by atoms with E-state index in [1.54, 1.807) is 27.7 Å². The van der Waals surface area contributed by atoms with Gasteiger partial charge in [0.15, 0.2) is 0 Å². The Morgan fingerprint density at radius 1 is 1.05 bits per heavy atom. The number of esters is 1. The second-order valence-electron chi connectivity index (χ2n) is 6.40. The van der Waals surface area contributed by atoms with Gasteiger partial charge in [-0.3, -0.25) is 4.89 Å². The molecular formula is C14H24O5. The average Bonchev–Trinajstić information content (AvgIpc) is 2.24. The zero-order chi connectivity index (χ0) is 15.3. The molecule has 0 saturated carbocycles. The SMILES string of the molecule is C=C(C)C(=O)OCC(C)(C)COOC(=O)C(C)(C)C. The first-order chi connectivity index (χ1) is 8.46. The molecule has 0 atom stereocenters. The lowest BCUT2D eigenvalue weighted by atomic mass is 9.96. The highest BCUT2D eigenvalue weighted by Crippen LogP contribution is 2.19. The molecule has 0 spiro atoms. The maximum Gasteiger partial charge on any atom is 0.347 e. The Kier molecular flexibility index (Phi) is 6.22. The van der Waals surface area contributed by atoms with Gasteiger partial charge in [-0.05, 0) is 27.7 Å². The van der Waals surface area contributed by atoms with E-state index in [0.29, 0.717) is 5.57 Å². The molecule has 0 fully saturated rings. The molecule has 0 unspecified atom stereocenters. The molecular weight excluding hydrogens is 248 g/mol. The summed E-state index contributed by atoms with van der Waals surface area (Å²) in [6, 6.07) is 0. The van der Waals surface area contributed by atoms with Crippen LogP contribution in [0.2, 0.25) is 0 Å². The van der Waals surface area contributed by atoms with Gasteiger partial charge in [-0.15, -0.1) is 0 Å². The zero-order valence-electron chi connectivity index (χ0n) is 12.7. The summed E-state index contributed by atoms with van der Waals surface area (Å²) in [5.74, 6) is -0.887. The summed E-state index contributed by atoms with van der Waals surface area (Å²) in [7, 11) is 0. The second kappa shape index (κ2) is 6.70. The smallest absolute Gasteiger partial charge is 0.347 e. The standard InChI is InChI=1S/C14H24O5/c1-10(2)11(15)17-8-14(6,7)9-18-19-12(16)13(3,4)5/h1,8-9H2,2-7H3. The molecule has 0 aromatic heterocycles. The fraction of sp³-hybridized carbons (Fsp3) is 0.714. The van der Waals surface area contributed by atoms with Crippen molar-refractivity contribution in [1.82, 2.24) is 0 Å². The van der Waals surface area contributed by atoms with Crippen LogP contribution < -0.4 is 0 Å². The normalized spacial score (nSPS) is 11.9. The van der Waals surface area contributed by atoms with Crippen molar-refractivity contribution in [3.8, 4) is 0 Å². The molecule has 19 heavy (non-hydrogen) atoms. The molecule has 0 rings (SSSR count). The van der Waals surface area contributed by atoms with Crippen LogP contribution in [-0.2, 0) is 24.1 Å². The number of rotatable bonds is 6. The molecule has 0 saturated heterocycles. The van der Waals surface area contributed by atoms with Crippen molar-refractivity contribution in [2.75, 3.05) is 13.2 Å². The summed E-state index contributed by atoms with van der Waals surface area (Å²) in [4.78, 5) is 32.3. The van der Waals surface area contributed by atoms with Crippen molar-refractivity contribution in [2.24, 2.45) is 10.8 Å². The summed E-state index contributed by atoms with van der Waals surface area (Å²) in [5, 5.41) is 0. The number of hydrogen-bond donors (Lipinski definition) is 0. The Hall–Kier alpha value is -1.36. The summed E-state index contributed by atoms with van der Waals surface area (Å²) >= 11 is 0. The maximum atomic E-state index is 11.5. The fourth-order valence-corrected chi connectivity index (χ4v) is 0.793. The highest BCUT2D eigenvalue weighted by molar-refractivity contribution is 5.86. The van der Waals surface area contributed by atoms with Crippen LogP contribution in [0, 0.1) is 10.8 Å². The average molecular weight is 272 g/mol. The van der Waals surface area contributed by atoms with Crippen molar-refractivity contribution in [2.45, 2.75) is 41.5 Å². The molecule has 5 heteroatoms. The minimum atomic E-state index is -0.615. The Labute approximate surface area is 114 Å². The third-order valence-corrected chi connectivity index (χ3v) is 2.14. The lowest BCUT2D eigenvalue weighted by molar-refractivity contribution is -0.292. The predicted octanol–water partition coefficient (Wildman–Crippen LogP) is 2.65. The summed E-state index contributed by atoms with van der Waals surface area (Å²) in [6.07, 6.45) is 0. The van der Waals surface area contributed by atoms with Gasteiger partial charge in [-0.2, -0.15) is 4.89 Å². The lowest BCUT2D eigenvalue weighted by Crippen LogP contribution is -2.30. The van der Waals surface area contributed by atoms with Crippen molar-refractivity contribution in [3.63, 3.8) is 0 Å². The molecule has 0 aliphatic rings. The number of carbonyl (C=O) groups is 2. The minimum absolute atomic E-state index is 0.137. The van der Waals surface area contributed by atoms with Crippen LogP contribution in [0.25, 0.3) is 0 Å². The van der Waals surface area contributed by atoms with Crippen LogP contribution in [0.5, 0.6) is 0 Å². The first-order valence-corrected chi connectivity index (χ1v) is 6.12. The first-order valence-electron chi connectivity index (χ1n) is 6.12. The predicted molar refractivity (Wildman–Crippen MR) is 71.1 cm³/mol. The molecule has 0 bridgehead atoms. The molecule has 0 radical (unpaired) electrons. The largest absolute Gasteiger partial charge is 0.462 e. The van der Waals surface area contributed by atoms with Crippen LogP contribution in [0.4, 0.5) is 0 Å². The van der Waals surface area contributed by atoms with Gasteiger partial charge in [0.1, 0.15) is 6.61 Å². The van der Waals surface area contributed by atoms with E-state index in [1.165, 1.54) is 0 Å². The van der Waals surface area contributed by atoms with E-state index in [0.717, 1.165) is 0 Å². The summed E-state index contributed by atoms with van der Waals surface area (Å²) in [5.41, 5.74) is -0.726. The zero-order valence-corrected chi connectivity index (χ0v) is 12.7. The highest BCUT2D eigenvalue weighted by Gasteiger charge is 2.27. The van der Waals surface area contributed by atoms with Crippen LogP contribution >= 0.6 is 0 Å². The summed E-state index contributed by atoms with van der Waals surface area (Å²) in [6.45, 7) is 14.2. The van der Waals surface area contributed by atoms with Gasteiger partial charge in [0.25, 0.3) is 0 Å².